The number of aliphatic hydroxyl groups is 1. The SMILES string of the molecule is CC(C)c1ccc(Sc2cc3c(Sc4ccc(C(C)C)cc4)c(/C=C/[C@@H]4C[C@@H](O)CC(=O)O4)cnc3c(Sc3ccc(C(C)C)cc3)c2Sc2ccc(C(C)C)cc2)cc1. The van der Waals surface area contributed by atoms with Crippen LogP contribution in [0.1, 0.15) is 120 Å². The molecule has 0 radical (unpaired) electrons. The molecule has 0 amide bonds. The lowest BCUT2D eigenvalue weighted by Crippen LogP contribution is -2.31. The lowest BCUT2D eigenvalue weighted by Gasteiger charge is -2.23. The maximum atomic E-state index is 12.3. The number of esters is 1. The Kier molecular flexibility index (Phi) is 14.6. The number of nitrogens with zero attached hydrogens (tertiary/aromatic N) is 1. The maximum absolute atomic E-state index is 12.3. The van der Waals surface area contributed by atoms with Gasteiger partial charge in [-0.05, 0) is 107 Å². The van der Waals surface area contributed by atoms with Gasteiger partial charge in [0.05, 0.1) is 22.9 Å². The van der Waals surface area contributed by atoms with Crippen molar-refractivity contribution in [3.63, 3.8) is 0 Å². The summed E-state index contributed by atoms with van der Waals surface area (Å²) in [5.74, 6) is 1.38. The van der Waals surface area contributed by atoms with E-state index in [4.69, 9.17) is 9.72 Å². The average molecular weight is 870 g/mol. The first kappa shape index (κ1) is 44.1. The second-order valence-electron chi connectivity index (χ2n) is 16.8. The number of aromatic nitrogens is 1. The van der Waals surface area contributed by atoms with Crippen LogP contribution in [0.4, 0.5) is 0 Å². The van der Waals surface area contributed by atoms with Crippen molar-refractivity contribution in [2.75, 3.05) is 0 Å². The molecular formula is C52H55NO3S4. The molecule has 0 saturated carbocycles. The molecule has 2 atom stereocenters. The van der Waals surface area contributed by atoms with Gasteiger partial charge in [-0.15, -0.1) is 0 Å². The fourth-order valence-corrected chi connectivity index (χ4v) is 11.4. The number of aliphatic hydroxyl groups excluding tert-OH is 1. The second-order valence-corrected chi connectivity index (χ2v) is 21.1. The van der Waals surface area contributed by atoms with Gasteiger partial charge >= 0.3 is 5.97 Å². The molecule has 1 aliphatic rings. The molecule has 6 aromatic rings. The van der Waals surface area contributed by atoms with Gasteiger partial charge in [0.15, 0.2) is 0 Å². The molecule has 0 bridgehead atoms. The van der Waals surface area contributed by atoms with Gasteiger partial charge in [-0.2, -0.15) is 0 Å². The number of hydrogen-bond acceptors (Lipinski definition) is 8. The summed E-state index contributed by atoms with van der Waals surface area (Å²) in [7, 11) is 0. The summed E-state index contributed by atoms with van der Waals surface area (Å²) in [6.07, 6.45) is 5.04. The van der Waals surface area contributed by atoms with Gasteiger partial charge in [-0.1, -0.05) is 157 Å². The highest BCUT2D eigenvalue weighted by atomic mass is 32.2. The van der Waals surface area contributed by atoms with Crippen LogP contribution in [0.25, 0.3) is 17.0 Å². The van der Waals surface area contributed by atoms with Crippen molar-refractivity contribution in [1.29, 1.82) is 0 Å². The molecule has 1 aliphatic heterocycles. The first-order valence-electron chi connectivity index (χ1n) is 21.0. The van der Waals surface area contributed by atoms with Crippen molar-refractivity contribution in [3.8, 4) is 0 Å². The van der Waals surface area contributed by atoms with Crippen molar-refractivity contribution < 1.29 is 14.6 Å². The largest absolute Gasteiger partial charge is 0.458 e. The molecule has 0 aliphatic carbocycles. The zero-order chi connectivity index (χ0) is 42.5. The molecule has 5 aromatic carbocycles. The minimum absolute atomic E-state index is 0.0266. The zero-order valence-corrected chi connectivity index (χ0v) is 39.0. The van der Waals surface area contributed by atoms with Crippen LogP contribution in [-0.2, 0) is 9.53 Å². The summed E-state index contributed by atoms with van der Waals surface area (Å²) in [6.45, 7) is 17.8. The molecule has 0 unspecified atom stereocenters. The topological polar surface area (TPSA) is 59.4 Å². The highest BCUT2D eigenvalue weighted by molar-refractivity contribution is 8.04. The number of pyridine rings is 1. The van der Waals surface area contributed by atoms with E-state index in [9.17, 15) is 9.90 Å². The lowest BCUT2D eigenvalue weighted by molar-refractivity contribution is -0.156. The predicted octanol–water partition coefficient (Wildman–Crippen LogP) is 15.4. The normalized spacial score (nSPS) is 15.9. The minimum atomic E-state index is -0.718. The van der Waals surface area contributed by atoms with Crippen molar-refractivity contribution in [3.05, 3.63) is 143 Å². The molecule has 310 valence electrons. The smallest absolute Gasteiger partial charge is 0.309 e. The van der Waals surface area contributed by atoms with Gasteiger partial charge in [-0.25, -0.2) is 0 Å². The third-order valence-electron chi connectivity index (χ3n) is 10.8. The third kappa shape index (κ3) is 10.9. The fraction of sp³-hybridized carbons (Fsp3) is 0.308. The van der Waals surface area contributed by atoms with E-state index in [-0.39, 0.29) is 12.4 Å². The average Bonchev–Trinajstić information content (AvgIpc) is 3.22. The number of hydrogen-bond donors (Lipinski definition) is 1. The predicted molar refractivity (Wildman–Crippen MR) is 255 cm³/mol. The van der Waals surface area contributed by atoms with Crippen molar-refractivity contribution in [1.82, 2.24) is 4.98 Å². The molecule has 1 fully saturated rings. The van der Waals surface area contributed by atoms with E-state index in [0.717, 1.165) is 40.9 Å². The summed E-state index contributed by atoms with van der Waals surface area (Å²) in [6, 6.07) is 38.2. The van der Waals surface area contributed by atoms with Crippen molar-refractivity contribution in [2.24, 2.45) is 0 Å². The number of cyclic esters (lactones) is 1. The van der Waals surface area contributed by atoms with Crippen LogP contribution in [-0.4, -0.2) is 28.3 Å². The first-order valence-corrected chi connectivity index (χ1v) is 24.2. The number of ether oxygens (including phenoxy) is 1. The highest BCUT2D eigenvalue weighted by Crippen LogP contribution is 2.51. The van der Waals surface area contributed by atoms with Crippen molar-refractivity contribution >= 4 is 70.0 Å². The van der Waals surface area contributed by atoms with Gasteiger partial charge in [0.2, 0.25) is 0 Å². The van der Waals surface area contributed by atoms with Crippen LogP contribution in [0.2, 0.25) is 0 Å². The molecule has 2 heterocycles. The van der Waals surface area contributed by atoms with Crippen LogP contribution in [0, 0.1) is 0 Å². The molecule has 1 N–H and O–H groups in total. The quantitative estimate of drug-likeness (QED) is 0.109. The Morgan fingerprint density at radius 2 is 1.02 bits per heavy atom. The molecule has 4 nitrogen and oxygen atoms in total. The molecule has 0 spiro atoms. The van der Waals surface area contributed by atoms with Gasteiger partial charge in [0.1, 0.15) is 6.10 Å². The second kappa shape index (κ2) is 19.9. The van der Waals surface area contributed by atoms with Crippen LogP contribution in [0.3, 0.4) is 0 Å². The molecule has 7 rings (SSSR count). The lowest BCUT2D eigenvalue weighted by atomic mass is 10.0. The van der Waals surface area contributed by atoms with E-state index in [1.54, 1.807) is 47.0 Å². The van der Waals surface area contributed by atoms with Gasteiger partial charge in [-0.3, -0.25) is 9.78 Å². The van der Waals surface area contributed by atoms with E-state index in [0.29, 0.717) is 30.1 Å². The van der Waals surface area contributed by atoms with Crippen LogP contribution < -0.4 is 0 Å². The number of benzene rings is 5. The summed E-state index contributed by atoms with van der Waals surface area (Å²) in [4.78, 5) is 26.8. The molecule has 1 aromatic heterocycles. The van der Waals surface area contributed by atoms with Gasteiger partial charge in [0, 0.05) is 57.8 Å². The number of carbonyl (C=O) groups excluding carboxylic acids is 1. The fourth-order valence-electron chi connectivity index (χ4n) is 7.06. The van der Waals surface area contributed by atoms with E-state index in [1.807, 2.05) is 18.3 Å². The summed E-state index contributed by atoms with van der Waals surface area (Å²) in [5, 5.41) is 11.5. The molecule has 8 heteroatoms. The van der Waals surface area contributed by atoms with Crippen LogP contribution in [0.15, 0.2) is 155 Å². The Morgan fingerprint density at radius 3 is 1.45 bits per heavy atom. The van der Waals surface area contributed by atoms with Gasteiger partial charge in [0.25, 0.3) is 0 Å². The maximum Gasteiger partial charge on any atom is 0.309 e. The summed E-state index contributed by atoms with van der Waals surface area (Å²) < 4.78 is 5.65. The highest BCUT2D eigenvalue weighted by Gasteiger charge is 2.26. The Morgan fingerprint density at radius 1 is 0.600 bits per heavy atom. The summed E-state index contributed by atoms with van der Waals surface area (Å²) in [5.41, 5.74) is 7.11. The van der Waals surface area contributed by atoms with Crippen molar-refractivity contribution in [2.45, 2.75) is 143 Å². The molecule has 1 saturated heterocycles. The Hall–Kier alpha value is -3.92. The van der Waals surface area contributed by atoms with E-state index >= 15 is 0 Å². The van der Waals surface area contributed by atoms with Crippen LogP contribution >= 0.6 is 47.0 Å². The third-order valence-corrected chi connectivity index (χ3v) is 15.5. The number of rotatable bonds is 14. The monoisotopic (exact) mass is 869 g/mol. The standard InChI is InChI=1S/C52H55NO3S4/c1-31(2)35-10-19-42(20-11-35)57-47-29-46-49(52(60-45-25-16-38(17-26-45)34(7)8)51(47)59-44-23-14-37(15-24-44)33(5)6)53-30-39(9-18-41-27-40(54)28-48(55)56-41)50(46)58-43-21-12-36(13-22-43)32(3)4/h9-26,29-34,40-41,54H,27-28H2,1-8H3/b18-9+/t40-,41-/m1/s1. The van der Waals surface area contributed by atoms with E-state index in [1.165, 1.54) is 36.9 Å². The van der Waals surface area contributed by atoms with E-state index < -0.39 is 12.2 Å². The Balaban J connectivity index is 1.46. The Labute approximate surface area is 373 Å². The Bertz CT molecular complexity index is 2440. The van der Waals surface area contributed by atoms with Crippen LogP contribution in [0.5, 0.6) is 0 Å². The summed E-state index contributed by atoms with van der Waals surface area (Å²) >= 11 is 7.11. The zero-order valence-electron chi connectivity index (χ0n) is 35.8. The number of carbonyl (C=O) groups is 1. The first-order chi connectivity index (χ1) is 28.8. The minimum Gasteiger partial charge on any atom is -0.458 e. The molecule has 60 heavy (non-hydrogen) atoms. The van der Waals surface area contributed by atoms with Gasteiger partial charge < -0.3 is 9.84 Å². The van der Waals surface area contributed by atoms with E-state index in [2.05, 4.69) is 159 Å². The molecular weight excluding hydrogens is 815 g/mol. The number of fused-ring (bicyclic) bond motifs is 1.